The van der Waals surface area contributed by atoms with Crippen molar-refractivity contribution in [1.29, 1.82) is 0 Å². The monoisotopic (exact) mass is 396 g/mol. The number of nitrogens with zero attached hydrogens (tertiary/aromatic N) is 4. The molecule has 0 unspecified atom stereocenters. The molecule has 0 N–H and O–H groups in total. The predicted molar refractivity (Wildman–Crippen MR) is 112 cm³/mol. The lowest BCUT2D eigenvalue weighted by Gasteiger charge is -2.31. The number of aryl methyl sites for hydroxylation is 1. The van der Waals surface area contributed by atoms with Gasteiger partial charge in [0.15, 0.2) is 5.82 Å². The maximum atomic E-state index is 12.4. The third-order valence-electron chi connectivity index (χ3n) is 6.38. The van der Waals surface area contributed by atoms with Gasteiger partial charge in [-0.2, -0.15) is 4.98 Å². The van der Waals surface area contributed by atoms with Crippen molar-refractivity contribution in [2.45, 2.75) is 50.9 Å². The Morgan fingerprint density at radius 2 is 1.93 bits per heavy atom. The van der Waals surface area contributed by atoms with Crippen molar-refractivity contribution in [2.24, 2.45) is 5.92 Å². The summed E-state index contributed by atoms with van der Waals surface area (Å²) >= 11 is 0. The molecule has 0 radical (unpaired) electrons. The molecule has 0 bridgehead atoms. The van der Waals surface area contributed by atoms with Crippen LogP contribution in [0.2, 0.25) is 0 Å². The standard InChI is InChI=1S/C23H32N4O2/c1-26-14-11-19(12-15-26)16-21-24-23(29-25-21)20-9-10-22(28)27(17-20)13-5-8-18-6-3-2-4-7-18/h2-4,6-7,19-20H,5,8-17H2,1H3/t20-/m1/s1. The Morgan fingerprint density at radius 1 is 1.14 bits per heavy atom. The van der Waals surface area contributed by atoms with Gasteiger partial charge in [-0.1, -0.05) is 35.5 Å². The molecule has 156 valence electrons. The molecule has 1 aromatic heterocycles. The highest BCUT2D eigenvalue weighted by Crippen LogP contribution is 2.27. The fraction of sp³-hybridized carbons (Fsp3) is 0.609. The maximum Gasteiger partial charge on any atom is 0.231 e. The van der Waals surface area contributed by atoms with Crippen molar-refractivity contribution >= 4 is 5.91 Å². The van der Waals surface area contributed by atoms with Crippen LogP contribution in [-0.2, 0) is 17.6 Å². The fourth-order valence-corrected chi connectivity index (χ4v) is 4.49. The van der Waals surface area contributed by atoms with E-state index in [0.717, 1.165) is 51.1 Å². The van der Waals surface area contributed by atoms with Crippen LogP contribution in [-0.4, -0.2) is 59.1 Å². The molecule has 1 amide bonds. The van der Waals surface area contributed by atoms with Gasteiger partial charge in [-0.3, -0.25) is 4.79 Å². The van der Waals surface area contributed by atoms with E-state index in [1.165, 1.54) is 18.4 Å². The van der Waals surface area contributed by atoms with E-state index in [2.05, 4.69) is 41.4 Å². The summed E-state index contributed by atoms with van der Waals surface area (Å²) in [5, 5.41) is 4.25. The number of piperidine rings is 2. The van der Waals surface area contributed by atoms with Gasteiger partial charge < -0.3 is 14.3 Å². The molecular weight excluding hydrogens is 364 g/mol. The zero-order valence-corrected chi connectivity index (χ0v) is 17.4. The second kappa shape index (κ2) is 9.53. The minimum absolute atomic E-state index is 0.170. The average molecular weight is 397 g/mol. The molecule has 0 saturated carbocycles. The van der Waals surface area contributed by atoms with E-state index in [0.29, 0.717) is 24.8 Å². The summed E-state index contributed by atoms with van der Waals surface area (Å²) in [5.41, 5.74) is 1.32. The SMILES string of the molecule is CN1CCC(Cc2noc([C@@H]3CCC(=O)N(CCCc4ccccc4)C3)n2)CC1. The molecule has 29 heavy (non-hydrogen) atoms. The number of carbonyl (C=O) groups excluding carboxylic acids is 1. The molecule has 4 rings (SSSR count). The van der Waals surface area contributed by atoms with E-state index >= 15 is 0 Å². The van der Waals surface area contributed by atoms with E-state index in [1.54, 1.807) is 0 Å². The topological polar surface area (TPSA) is 62.5 Å². The van der Waals surface area contributed by atoms with Crippen LogP contribution in [0.5, 0.6) is 0 Å². The summed E-state index contributed by atoms with van der Waals surface area (Å²) in [6.07, 6.45) is 6.67. The first-order chi connectivity index (χ1) is 14.2. The second-order valence-corrected chi connectivity index (χ2v) is 8.66. The van der Waals surface area contributed by atoms with Gasteiger partial charge in [-0.05, 0) is 63.7 Å². The number of hydrogen-bond donors (Lipinski definition) is 0. The highest BCUT2D eigenvalue weighted by atomic mass is 16.5. The molecule has 2 saturated heterocycles. The van der Waals surface area contributed by atoms with E-state index in [4.69, 9.17) is 9.51 Å². The van der Waals surface area contributed by atoms with Crippen molar-refractivity contribution in [3.63, 3.8) is 0 Å². The van der Waals surface area contributed by atoms with Crippen LogP contribution in [0.1, 0.15) is 55.3 Å². The smallest absolute Gasteiger partial charge is 0.231 e. The summed E-state index contributed by atoms with van der Waals surface area (Å²) < 4.78 is 5.61. The number of carbonyl (C=O) groups is 1. The van der Waals surface area contributed by atoms with E-state index in [-0.39, 0.29) is 11.8 Å². The first-order valence-electron chi connectivity index (χ1n) is 11.0. The molecule has 2 aliphatic heterocycles. The first kappa shape index (κ1) is 20.1. The Kier molecular flexibility index (Phi) is 6.60. The number of aromatic nitrogens is 2. The Hall–Kier alpha value is -2.21. The van der Waals surface area contributed by atoms with Gasteiger partial charge in [0.2, 0.25) is 11.8 Å². The van der Waals surface area contributed by atoms with Crippen molar-refractivity contribution in [2.75, 3.05) is 33.2 Å². The molecule has 2 fully saturated rings. The summed E-state index contributed by atoms with van der Waals surface area (Å²) in [4.78, 5) is 21.4. The van der Waals surface area contributed by atoms with Crippen LogP contribution in [0.15, 0.2) is 34.9 Å². The van der Waals surface area contributed by atoms with Gasteiger partial charge in [0.1, 0.15) is 0 Å². The zero-order chi connectivity index (χ0) is 20.1. The van der Waals surface area contributed by atoms with Crippen molar-refractivity contribution in [3.8, 4) is 0 Å². The molecule has 2 aliphatic rings. The Bertz CT molecular complexity index is 783. The molecule has 3 heterocycles. The van der Waals surface area contributed by atoms with E-state index in [1.807, 2.05) is 11.0 Å². The molecule has 6 nitrogen and oxygen atoms in total. The molecule has 6 heteroatoms. The lowest BCUT2D eigenvalue weighted by Crippen LogP contribution is -2.39. The largest absolute Gasteiger partial charge is 0.342 e. The van der Waals surface area contributed by atoms with Crippen LogP contribution >= 0.6 is 0 Å². The highest BCUT2D eigenvalue weighted by Gasteiger charge is 2.30. The maximum absolute atomic E-state index is 12.4. The van der Waals surface area contributed by atoms with Crippen molar-refractivity contribution < 1.29 is 9.32 Å². The second-order valence-electron chi connectivity index (χ2n) is 8.66. The average Bonchev–Trinajstić information content (AvgIpc) is 3.20. The van der Waals surface area contributed by atoms with Crippen molar-refractivity contribution in [3.05, 3.63) is 47.6 Å². The van der Waals surface area contributed by atoms with Crippen molar-refractivity contribution in [1.82, 2.24) is 19.9 Å². The minimum atomic E-state index is 0.170. The summed E-state index contributed by atoms with van der Waals surface area (Å²) in [6, 6.07) is 10.5. The van der Waals surface area contributed by atoms with Gasteiger partial charge in [-0.15, -0.1) is 0 Å². The normalized spacial score (nSPS) is 21.6. The van der Waals surface area contributed by atoms with Crippen LogP contribution in [0.3, 0.4) is 0 Å². The van der Waals surface area contributed by atoms with Crippen LogP contribution in [0.25, 0.3) is 0 Å². The number of likely N-dealkylation sites (tertiary alicyclic amines) is 2. The quantitative estimate of drug-likeness (QED) is 0.719. The van der Waals surface area contributed by atoms with E-state index < -0.39 is 0 Å². The molecular formula is C23H32N4O2. The number of rotatable bonds is 7. The molecule has 0 aliphatic carbocycles. The third-order valence-corrected chi connectivity index (χ3v) is 6.38. The fourth-order valence-electron chi connectivity index (χ4n) is 4.49. The van der Waals surface area contributed by atoms with Crippen LogP contribution < -0.4 is 0 Å². The summed E-state index contributed by atoms with van der Waals surface area (Å²) in [5.74, 6) is 2.62. The third kappa shape index (κ3) is 5.44. The van der Waals surface area contributed by atoms with Gasteiger partial charge in [-0.25, -0.2) is 0 Å². The molecule has 1 aromatic carbocycles. The minimum Gasteiger partial charge on any atom is -0.342 e. The van der Waals surface area contributed by atoms with E-state index in [9.17, 15) is 4.79 Å². The number of benzene rings is 1. The van der Waals surface area contributed by atoms with Crippen LogP contribution in [0, 0.1) is 5.92 Å². The van der Waals surface area contributed by atoms with Gasteiger partial charge in [0.25, 0.3) is 0 Å². The van der Waals surface area contributed by atoms with Crippen LogP contribution in [0.4, 0.5) is 0 Å². The number of amides is 1. The lowest BCUT2D eigenvalue weighted by molar-refractivity contribution is -0.134. The molecule has 1 atom stereocenters. The Morgan fingerprint density at radius 3 is 2.72 bits per heavy atom. The molecule has 2 aromatic rings. The lowest BCUT2D eigenvalue weighted by atomic mass is 9.93. The first-order valence-corrected chi connectivity index (χ1v) is 11.0. The van der Waals surface area contributed by atoms with Gasteiger partial charge >= 0.3 is 0 Å². The Labute approximate surface area is 173 Å². The van der Waals surface area contributed by atoms with Gasteiger partial charge in [0, 0.05) is 25.9 Å². The number of hydrogen-bond acceptors (Lipinski definition) is 5. The molecule has 0 spiro atoms. The Balaban J connectivity index is 1.28. The summed E-state index contributed by atoms with van der Waals surface area (Å²) in [6.45, 7) is 3.79. The highest BCUT2D eigenvalue weighted by molar-refractivity contribution is 5.77. The predicted octanol–water partition coefficient (Wildman–Crippen LogP) is 3.29. The summed E-state index contributed by atoms with van der Waals surface area (Å²) in [7, 11) is 2.18. The van der Waals surface area contributed by atoms with Gasteiger partial charge in [0.05, 0.1) is 5.92 Å². The zero-order valence-electron chi connectivity index (χ0n) is 17.4.